The van der Waals surface area contributed by atoms with Gasteiger partial charge in [-0.3, -0.25) is 4.79 Å². The molecule has 118 valence electrons. The van der Waals surface area contributed by atoms with Gasteiger partial charge in [0.15, 0.2) is 0 Å². The molecule has 0 spiro atoms. The number of carbonyl (C=O) groups excluding carboxylic acids is 1. The molecule has 22 heavy (non-hydrogen) atoms. The number of hydrogen-bond donors (Lipinski definition) is 1. The summed E-state index contributed by atoms with van der Waals surface area (Å²) in [7, 11) is 0. The Morgan fingerprint density at radius 1 is 1.36 bits per heavy atom. The number of rotatable bonds is 3. The molecule has 2 heterocycles. The molecule has 0 saturated carbocycles. The lowest BCUT2D eigenvalue weighted by Crippen LogP contribution is -2.47. The molecule has 3 rings (SSSR count). The van der Waals surface area contributed by atoms with Gasteiger partial charge in [-0.05, 0) is 47.9 Å². The summed E-state index contributed by atoms with van der Waals surface area (Å²) >= 11 is 0. The lowest BCUT2D eigenvalue weighted by atomic mass is 10.0. The van der Waals surface area contributed by atoms with E-state index in [1.54, 1.807) is 6.07 Å². The topological polar surface area (TPSA) is 89.9 Å². The number of amides is 1. The van der Waals surface area contributed by atoms with Gasteiger partial charge in [0.25, 0.3) is 5.91 Å². The number of piperidine rings is 1. The molecular formula is C14H19ClN6O. The summed E-state index contributed by atoms with van der Waals surface area (Å²) in [6.07, 6.45) is 4.66. The second-order valence-electron chi connectivity index (χ2n) is 5.19. The molecule has 1 aliphatic heterocycles. The van der Waals surface area contributed by atoms with Gasteiger partial charge in [0.05, 0.1) is 5.69 Å². The Morgan fingerprint density at radius 3 is 2.95 bits per heavy atom. The Morgan fingerprint density at radius 2 is 2.23 bits per heavy atom. The number of tetrazole rings is 1. The quantitative estimate of drug-likeness (QED) is 0.911. The molecule has 1 atom stereocenters. The molecule has 8 heteroatoms. The highest BCUT2D eigenvalue weighted by molar-refractivity contribution is 5.95. The summed E-state index contributed by atoms with van der Waals surface area (Å²) in [4.78, 5) is 14.6. The van der Waals surface area contributed by atoms with E-state index in [0.717, 1.165) is 31.5 Å². The van der Waals surface area contributed by atoms with Crippen molar-refractivity contribution in [3.63, 3.8) is 0 Å². The van der Waals surface area contributed by atoms with Crippen molar-refractivity contribution in [2.75, 3.05) is 13.1 Å². The molecular weight excluding hydrogens is 304 g/mol. The van der Waals surface area contributed by atoms with Gasteiger partial charge in [0, 0.05) is 24.7 Å². The minimum atomic E-state index is 0. The molecule has 1 aromatic carbocycles. The SMILES string of the molecule is Cl.NCC1CCCCN1C(=O)c1cccc(-n2cnnn2)c1. The van der Waals surface area contributed by atoms with E-state index in [1.165, 1.54) is 11.0 Å². The van der Waals surface area contributed by atoms with E-state index < -0.39 is 0 Å². The van der Waals surface area contributed by atoms with Crippen molar-refractivity contribution < 1.29 is 4.79 Å². The number of aromatic nitrogens is 4. The zero-order valence-electron chi connectivity index (χ0n) is 12.1. The van der Waals surface area contributed by atoms with Crippen molar-refractivity contribution >= 4 is 18.3 Å². The van der Waals surface area contributed by atoms with E-state index >= 15 is 0 Å². The van der Waals surface area contributed by atoms with Gasteiger partial charge >= 0.3 is 0 Å². The Balaban J connectivity index is 0.00000176. The van der Waals surface area contributed by atoms with Crippen LogP contribution in [0.1, 0.15) is 29.6 Å². The van der Waals surface area contributed by atoms with Gasteiger partial charge in [-0.2, -0.15) is 0 Å². The number of halogens is 1. The van der Waals surface area contributed by atoms with E-state index in [0.29, 0.717) is 12.1 Å². The Kier molecular flexibility index (Phi) is 5.46. The highest BCUT2D eigenvalue weighted by atomic mass is 35.5. The van der Waals surface area contributed by atoms with E-state index in [-0.39, 0.29) is 24.4 Å². The van der Waals surface area contributed by atoms with Gasteiger partial charge in [-0.15, -0.1) is 17.5 Å². The predicted octanol–water partition coefficient (Wildman–Crippen LogP) is 1.04. The van der Waals surface area contributed by atoms with Crippen molar-refractivity contribution in [2.24, 2.45) is 5.73 Å². The molecule has 1 fully saturated rings. The summed E-state index contributed by atoms with van der Waals surface area (Å²) in [6, 6.07) is 7.47. The Hall–Kier alpha value is -1.99. The lowest BCUT2D eigenvalue weighted by molar-refractivity contribution is 0.0623. The highest BCUT2D eigenvalue weighted by Crippen LogP contribution is 2.20. The number of likely N-dealkylation sites (tertiary alicyclic amines) is 1. The zero-order valence-corrected chi connectivity index (χ0v) is 12.9. The minimum Gasteiger partial charge on any atom is -0.334 e. The van der Waals surface area contributed by atoms with E-state index in [2.05, 4.69) is 15.5 Å². The van der Waals surface area contributed by atoms with Crippen molar-refractivity contribution in [1.82, 2.24) is 25.1 Å². The molecule has 0 aliphatic carbocycles. The molecule has 1 aliphatic rings. The van der Waals surface area contributed by atoms with Crippen LogP contribution in [-0.4, -0.2) is 50.1 Å². The standard InChI is InChI=1S/C14H18N6O.ClH/c15-9-13-5-1-2-7-19(13)14(21)11-4-3-6-12(8-11)20-10-16-17-18-20;/h3-4,6,8,10,13H,1-2,5,7,9,15H2;1H. The number of nitrogens with zero attached hydrogens (tertiary/aromatic N) is 5. The first-order valence-corrected chi connectivity index (χ1v) is 7.14. The smallest absolute Gasteiger partial charge is 0.254 e. The van der Waals surface area contributed by atoms with Gasteiger partial charge < -0.3 is 10.6 Å². The van der Waals surface area contributed by atoms with Crippen molar-refractivity contribution in [3.05, 3.63) is 36.2 Å². The molecule has 7 nitrogen and oxygen atoms in total. The molecule has 1 aromatic heterocycles. The monoisotopic (exact) mass is 322 g/mol. The van der Waals surface area contributed by atoms with Crippen LogP contribution in [0.25, 0.3) is 5.69 Å². The third kappa shape index (κ3) is 3.26. The largest absolute Gasteiger partial charge is 0.334 e. The van der Waals surface area contributed by atoms with Crippen LogP contribution >= 0.6 is 12.4 Å². The molecule has 1 amide bonds. The lowest BCUT2D eigenvalue weighted by Gasteiger charge is -2.35. The van der Waals surface area contributed by atoms with Crippen LogP contribution in [-0.2, 0) is 0 Å². The molecule has 1 saturated heterocycles. The van der Waals surface area contributed by atoms with Gasteiger partial charge in [0.2, 0.25) is 0 Å². The molecule has 2 N–H and O–H groups in total. The fourth-order valence-corrected chi connectivity index (χ4v) is 2.74. The Bertz CT molecular complexity index is 618. The van der Waals surface area contributed by atoms with Crippen molar-refractivity contribution in [3.8, 4) is 5.69 Å². The van der Waals surface area contributed by atoms with E-state index in [9.17, 15) is 4.79 Å². The molecule has 2 aromatic rings. The number of hydrogen-bond acceptors (Lipinski definition) is 5. The van der Waals surface area contributed by atoms with Crippen LogP contribution in [0, 0.1) is 0 Å². The van der Waals surface area contributed by atoms with Crippen LogP contribution in [0.3, 0.4) is 0 Å². The third-order valence-electron chi connectivity index (χ3n) is 3.87. The first-order valence-electron chi connectivity index (χ1n) is 7.14. The maximum Gasteiger partial charge on any atom is 0.254 e. The van der Waals surface area contributed by atoms with Crippen LogP contribution in [0.4, 0.5) is 0 Å². The fraction of sp³-hybridized carbons (Fsp3) is 0.429. The van der Waals surface area contributed by atoms with Crippen LogP contribution in [0.15, 0.2) is 30.6 Å². The molecule has 0 bridgehead atoms. The van der Waals surface area contributed by atoms with Crippen molar-refractivity contribution in [1.29, 1.82) is 0 Å². The fourth-order valence-electron chi connectivity index (χ4n) is 2.74. The zero-order chi connectivity index (χ0) is 14.7. The van der Waals surface area contributed by atoms with Crippen LogP contribution in [0.2, 0.25) is 0 Å². The van der Waals surface area contributed by atoms with Crippen molar-refractivity contribution in [2.45, 2.75) is 25.3 Å². The van der Waals surface area contributed by atoms with Crippen LogP contribution in [0.5, 0.6) is 0 Å². The van der Waals surface area contributed by atoms with E-state index in [1.807, 2.05) is 23.1 Å². The Labute approximate surface area is 134 Å². The normalized spacial score (nSPS) is 17.9. The van der Waals surface area contributed by atoms with Gasteiger partial charge in [-0.1, -0.05) is 6.07 Å². The van der Waals surface area contributed by atoms with Gasteiger partial charge in [0.1, 0.15) is 6.33 Å². The predicted molar refractivity (Wildman–Crippen MR) is 84.1 cm³/mol. The first-order chi connectivity index (χ1) is 10.3. The maximum absolute atomic E-state index is 12.7. The summed E-state index contributed by atoms with van der Waals surface area (Å²) < 4.78 is 1.54. The van der Waals surface area contributed by atoms with Gasteiger partial charge in [-0.25, -0.2) is 4.68 Å². The molecule has 1 unspecified atom stereocenters. The van der Waals surface area contributed by atoms with Crippen LogP contribution < -0.4 is 5.73 Å². The minimum absolute atomic E-state index is 0. The average Bonchev–Trinajstić information content (AvgIpc) is 3.09. The summed E-state index contributed by atoms with van der Waals surface area (Å²) in [6.45, 7) is 1.29. The molecule has 0 radical (unpaired) electrons. The average molecular weight is 323 g/mol. The highest BCUT2D eigenvalue weighted by Gasteiger charge is 2.26. The van der Waals surface area contributed by atoms with E-state index in [4.69, 9.17) is 5.73 Å². The second kappa shape index (κ2) is 7.33. The second-order valence-corrected chi connectivity index (χ2v) is 5.19. The number of carbonyl (C=O) groups is 1. The number of nitrogens with two attached hydrogens (primary N) is 1. The first kappa shape index (κ1) is 16.4. The summed E-state index contributed by atoms with van der Waals surface area (Å²) in [5.41, 5.74) is 7.20. The number of benzene rings is 1. The maximum atomic E-state index is 12.7. The summed E-state index contributed by atoms with van der Waals surface area (Å²) in [5, 5.41) is 11.1. The third-order valence-corrected chi connectivity index (χ3v) is 3.87. The summed E-state index contributed by atoms with van der Waals surface area (Å²) in [5.74, 6) is 0.0278.